The summed E-state index contributed by atoms with van der Waals surface area (Å²) in [5.74, 6) is 1.79. The molecule has 0 atom stereocenters. The van der Waals surface area contributed by atoms with Gasteiger partial charge in [-0.2, -0.15) is 13.2 Å². The van der Waals surface area contributed by atoms with Crippen LogP contribution >= 0.6 is 24.0 Å². The van der Waals surface area contributed by atoms with E-state index in [1.54, 1.807) is 30.5 Å². The van der Waals surface area contributed by atoms with Gasteiger partial charge in [-0.05, 0) is 18.4 Å². The molecular formula is C25H24F3IN8O. The number of aryl methyl sites for hydroxylation is 1. The fraction of sp³-hybridized carbons (Fsp3) is 0.280. The fourth-order valence-electron chi connectivity index (χ4n) is 4.00. The average molecular weight is 636 g/mol. The van der Waals surface area contributed by atoms with Gasteiger partial charge in [0.1, 0.15) is 23.5 Å². The van der Waals surface area contributed by atoms with Crippen molar-refractivity contribution in [1.82, 2.24) is 29.5 Å². The largest absolute Gasteiger partial charge is 0.480 e. The summed E-state index contributed by atoms with van der Waals surface area (Å²) < 4.78 is 45.8. The molecule has 1 aromatic carbocycles. The normalized spacial score (nSPS) is 13.1. The van der Waals surface area contributed by atoms with E-state index in [4.69, 9.17) is 10.1 Å². The number of nitrogens with zero attached hydrogens (tertiary/aromatic N) is 6. The Morgan fingerprint density at radius 2 is 1.87 bits per heavy atom. The van der Waals surface area contributed by atoms with Crippen LogP contribution in [0.3, 0.4) is 0 Å². The van der Waals surface area contributed by atoms with E-state index in [-0.39, 0.29) is 29.8 Å². The standard InChI is InChI=1S/C25H23F3N8O.HI/c1-36-12-18(25(26,27)28)34-23(36)16-5-3-14(4-6-16)10-30-21-17(9-29)11-31-22(35-21)19-20(15-7-8-15)32-13-33-24(19)37-2;/h3-6,9,11-13,15,29H,7-8,10H2,1-2H3,(H,30,31,35);1H. The second-order valence-electron chi connectivity index (χ2n) is 8.67. The molecule has 38 heavy (non-hydrogen) atoms. The summed E-state index contributed by atoms with van der Waals surface area (Å²) in [6.45, 7) is 0.365. The molecule has 2 N–H and O–H groups in total. The van der Waals surface area contributed by atoms with Crippen molar-refractivity contribution >= 4 is 36.0 Å². The van der Waals surface area contributed by atoms with Crippen molar-refractivity contribution in [2.24, 2.45) is 7.05 Å². The summed E-state index contributed by atoms with van der Waals surface area (Å²) in [4.78, 5) is 21.5. The van der Waals surface area contributed by atoms with Gasteiger partial charge in [-0.1, -0.05) is 24.3 Å². The highest BCUT2D eigenvalue weighted by atomic mass is 127. The van der Waals surface area contributed by atoms with Gasteiger partial charge in [-0.3, -0.25) is 0 Å². The molecule has 9 nitrogen and oxygen atoms in total. The zero-order chi connectivity index (χ0) is 26.2. The minimum absolute atomic E-state index is 0. The van der Waals surface area contributed by atoms with Crippen LogP contribution in [0.1, 0.15) is 41.3 Å². The Hall–Kier alpha value is -3.62. The minimum Gasteiger partial charge on any atom is -0.480 e. The Kier molecular flexibility index (Phi) is 7.94. The number of alkyl halides is 3. The lowest BCUT2D eigenvalue weighted by Crippen LogP contribution is -2.08. The quantitative estimate of drug-likeness (QED) is 0.195. The zero-order valence-electron chi connectivity index (χ0n) is 20.5. The molecule has 1 fully saturated rings. The number of imidazole rings is 1. The van der Waals surface area contributed by atoms with E-state index in [0.29, 0.717) is 46.7 Å². The molecule has 4 aromatic rings. The molecule has 1 saturated carbocycles. The van der Waals surface area contributed by atoms with Gasteiger partial charge < -0.3 is 20.0 Å². The highest BCUT2D eigenvalue weighted by molar-refractivity contribution is 14.0. The van der Waals surface area contributed by atoms with Crippen LogP contribution in [0.25, 0.3) is 22.8 Å². The highest BCUT2D eigenvalue weighted by Gasteiger charge is 2.34. The van der Waals surface area contributed by atoms with Crippen LogP contribution < -0.4 is 10.1 Å². The number of anilines is 1. The molecule has 198 valence electrons. The summed E-state index contributed by atoms with van der Waals surface area (Å²) in [6.07, 6.45) is 2.72. The molecule has 13 heteroatoms. The van der Waals surface area contributed by atoms with E-state index in [1.807, 2.05) is 0 Å². The molecule has 5 rings (SSSR count). The summed E-state index contributed by atoms with van der Waals surface area (Å²) in [7, 11) is 3.06. The van der Waals surface area contributed by atoms with E-state index >= 15 is 0 Å². The Morgan fingerprint density at radius 3 is 2.47 bits per heavy atom. The first-order chi connectivity index (χ1) is 17.8. The summed E-state index contributed by atoms with van der Waals surface area (Å²) in [5, 5.41) is 11.0. The smallest absolute Gasteiger partial charge is 0.434 e. The Morgan fingerprint density at radius 1 is 1.13 bits per heavy atom. The number of halogens is 4. The van der Waals surface area contributed by atoms with Crippen molar-refractivity contribution < 1.29 is 17.9 Å². The number of hydrogen-bond donors (Lipinski definition) is 2. The maximum absolute atomic E-state index is 13.0. The summed E-state index contributed by atoms with van der Waals surface area (Å²) in [6, 6.07) is 7.04. The van der Waals surface area contributed by atoms with E-state index < -0.39 is 11.9 Å². The second kappa shape index (κ2) is 11.0. The molecule has 3 heterocycles. The number of aromatic nitrogens is 6. The fourth-order valence-corrected chi connectivity index (χ4v) is 4.00. The topological polar surface area (TPSA) is 114 Å². The molecule has 0 spiro atoms. The molecule has 1 aliphatic carbocycles. The van der Waals surface area contributed by atoms with Gasteiger partial charge in [0.05, 0.1) is 18.4 Å². The maximum Gasteiger partial charge on any atom is 0.434 e. The molecule has 3 aromatic heterocycles. The number of rotatable bonds is 8. The van der Waals surface area contributed by atoms with Crippen LogP contribution in [0, 0.1) is 5.41 Å². The Labute approximate surface area is 233 Å². The van der Waals surface area contributed by atoms with E-state index in [1.165, 1.54) is 25.1 Å². The van der Waals surface area contributed by atoms with Gasteiger partial charge in [-0.15, -0.1) is 24.0 Å². The van der Waals surface area contributed by atoms with Crippen molar-refractivity contribution in [2.75, 3.05) is 12.4 Å². The Bertz CT molecular complexity index is 1450. The average Bonchev–Trinajstić information content (AvgIpc) is 3.67. The third kappa shape index (κ3) is 5.61. The number of hydrogen-bond acceptors (Lipinski definition) is 8. The highest BCUT2D eigenvalue weighted by Crippen LogP contribution is 2.45. The van der Waals surface area contributed by atoms with Crippen LogP contribution in [0.5, 0.6) is 5.88 Å². The second-order valence-corrected chi connectivity index (χ2v) is 8.67. The van der Waals surface area contributed by atoms with Gasteiger partial charge in [-0.25, -0.2) is 24.9 Å². The van der Waals surface area contributed by atoms with Crippen molar-refractivity contribution in [3.05, 3.63) is 65.5 Å². The van der Waals surface area contributed by atoms with Gasteiger partial charge in [0.25, 0.3) is 0 Å². The van der Waals surface area contributed by atoms with Crippen LogP contribution in [0.4, 0.5) is 19.0 Å². The maximum atomic E-state index is 13.0. The summed E-state index contributed by atoms with van der Waals surface area (Å²) in [5.41, 5.74) is 2.49. The lowest BCUT2D eigenvalue weighted by Gasteiger charge is -2.13. The van der Waals surface area contributed by atoms with Crippen molar-refractivity contribution in [1.29, 1.82) is 5.41 Å². The van der Waals surface area contributed by atoms with Crippen molar-refractivity contribution in [3.63, 3.8) is 0 Å². The number of nitrogens with one attached hydrogen (secondary N) is 2. The molecule has 1 aliphatic rings. The lowest BCUT2D eigenvalue weighted by molar-refractivity contribution is -0.140. The molecule has 0 aliphatic heterocycles. The number of ether oxygens (including phenoxy) is 1. The van der Waals surface area contributed by atoms with Crippen LogP contribution in [0.2, 0.25) is 0 Å². The third-order valence-corrected chi connectivity index (χ3v) is 6.03. The monoisotopic (exact) mass is 636 g/mol. The predicted octanol–water partition coefficient (Wildman–Crippen LogP) is 5.47. The minimum atomic E-state index is -4.50. The first-order valence-corrected chi connectivity index (χ1v) is 11.5. The van der Waals surface area contributed by atoms with Crippen molar-refractivity contribution in [3.8, 4) is 28.7 Å². The zero-order valence-corrected chi connectivity index (χ0v) is 22.8. The van der Waals surface area contributed by atoms with E-state index in [2.05, 4.69) is 30.2 Å². The molecule has 0 unspecified atom stereocenters. The van der Waals surface area contributed by atoms with Gasteiger partial charge in [0, 0.05) is 43.7 Å². The molecular weight excluding hydrogens is 612 g/mol. The van der Waals surface area contributed by atoms with Crippen molar-refractivity contribution in [2.45, 2.75) is 31.5 Å². The molecule has 0 amide bonds. The molecule has 0 radical (unpaired) electrons. The van der Waals surface area contributed by atoms with E-state index in [9.17, 15) is 13.2 Å². The summed E-state index contributed by atoms with van der Waals surface area (Å²) >= 11 is 0. The SMILES string of the molecule is COc1ncnc(C2CC2)c1-c1ncc(C=N)c(NCc2ccc(-c3nc(C(F)(F)F)cn3C)cc2)n1.I. The van der Waals surface area contributed by atoms with Crippen LogP contribution in [-0.2, 0) is 19.8 Å². The number of methoxy groups -OCH3 is 1. The van der Waals surface area contributed by atoms with Gasteiger partial charge >= 0.3 is 6.18 Å². The Balaban J connectivity index is 0.00000336. The molecule has 0 bridgehead atoms. The van der Waals surface area contributed by atoms with E-state index in [0.717, 1.165) is 36.5 Å². The number of benzene rings is 1. The lowest BCUT2D eigenvalue weighted by atomic mass is 10.1. The first-order valence-electron chi connectivity index (χ1n) is 11.5. The van der Waals surface area contributed by atoms with Gasteiger partial charge in [0.2, 0.25) is 5.88 Å². The predicted molar refractivity (Wildman–Crippen MR) is 146 cm³/mol. The van der Waals surface area contributed by atoms with Crippen LogP contribution in [-0.4, -0.2) is 42.8 Å². The third-order valence-electron chi connectivity index (χ3n) is 6.03. The molecule has 0 saturated heterocycles. The van der Waals surface area contributed by atoms with Crippen LogP contribution in [0.15, 0.2) is 43.0 Å². The van der Waals surface area contributed by atoms with Gasteiger partial charge in [0.15, 0.2) is 11.5 Å². The first kappa shape index (κ1) is 27.4.